The van der Waals surface area contributed by atoms with E-state index < -0.39 is 5.91 Å². The lowest BCUT2D eigenvalue weighted by Gasteiger charge is -2.21. The summed E-state index contributed by atoms with van der Waals surface area (Å²) in [6, 6.07) is 5.58. The molecule has 0 radical (unpaired) electrons. The Morgan fingerprint density at radius 2 is 2.04 bits per heavy atom. The number of carbonyl (C=O) groups is 1. The van der Waals surface area contributed by atoms with E-state index >= 15 is 0 Å². The standard InChI is InChI=1S/C20H25N3O2S/c1-3-23(4-2)14-10-9-13(16(24)11-14)12-22-20-18(19(21)25)15-7-5-6-8-17(15)26-20/h9-12,24H,3-8H2,1-2H3,(H2,21,25). The first kappa shape index (κ1) is 18.5. The van der Waals surface area contributed by atoms with Crippen molar-refractivity contribution in [2.75, 3.05) is 18.0 Å². The molecule has 26 heavy (non-hydrogen) atoms. The van der Waals surface area contributed by atoms with E-state index in [0.717, 1.165) is 50.0 Å². The van der Waals surface area contributed by atoms with Crippen LogP contribution in [0, 0.1) is 0 Å². The number of nitrogens with two attached hydrogens (primary N) is 1. The molecule has 2 aromatic rings. The zero-order valence-electron chi connectivity index (χ0n) is 15.3. The number of primary amides is 1. The summed E-state index contributed by atoms with van der Waals surface area (Å²) in [6.07, 6.45) is 5.72. The summed E-state index contributed by atoms with van der Waals surface area (Å²) in [5, 5.41) is 11.0. The van der Waals surface area contributed by atoms with Crippen LogP contribution < -0.4 is 10.6 Å². The number of carbonyl (C=O) groups excluding carboxylic acids is 1. The molecule has 0 spiro atoms. The zero-order chi connectivity index (χ0) is 18.7. The SMILES string of the molecule is CCN(CC)c1ccc(C=Nc2sc3c(c2C(N)=O)CCCC3)c(O)c1. The molecule has 0 fully saturated rings. The van der Waals surface area contributed by atoms with E-state index in [2.05, 4.69) is 23.7 Å². The van der Waals surface area contributed by atoms with Crippen LogP contribution in [0.2, 0.25) is 0 Å². The molecular formula is C20H25N3O2S. The van der Waals surface area contributed by atoms with E-state index in [1.807, 2.05) is 12.1 Å². The average molecular weight is 372 g/mol. The van der Waals surface area contributed by atoms with Crippen molar-refractivity contribution in [3.05, 3.63) is 39.8 Å². The minimum absolute atomic E-state index is 0.181. The van der Waals surface area contributed by atoms with Crippen molar-refractivity contribution in [2.24, 2.45) is 10.7 Å². The Labute approximate surface area is 158 Å². The van der Waals surface area contributed by atoms with E-state index in [0.29, 0.717) is 16.1 Å². The number of fused-ring (bicyclic) bond motifs is 1. The highest BCUT2D eigenvalue weighted by atomic mass is 32.1. The molecule has 1 aliphatic rings. The number of phenols is 1. The van der Waals surface area contributed by atoms with Gasteiger partial charge in [-0.25, -0.2) is 4.99 Å². The molecule has 3 rings (SSSR count). The third kappa shape index (κ3) is 3.60. The Kier molecular flexibility index (Phi) is 5.61. The highest BCUT2D eigenvalue weighted by Gasteiger charge is 2.23. The van der Waals surface area contributed by atoms with E-state index in [4.69, 9.17) is 5.73 Å². The number of nitrogens with zero attached hydrogens (tertiary/aromatic N) is 2. The van der Waals surface area contributed by atoms with Gasteiger partial charge in [-0.05, 0) is 57.2 Å². The number of hydrogen-bond acceptors (Lipinski definition) is 5. The molecule has 0 saturated heterocycles. The van der Waals surface area contributed by atoms with Gasteiger partial charge in [0.05, 0.1) is 5.56 Å². The third-order valence-electron chi connectivity index (χ3n) is 4.86. The molecule has 0 bridgehead atoms. The van der Waals surface area contributed by atoms with Crippen molar-refractivity contribution >= 4 is 34.1 Å². The lowest BCUT2D eigenvalue weighted by molar-refractivity contribution is 0.100. The van der Waals surface area contributed by atoms with Crippen LogP contribution in [0.5, 0.6) is 5.75 Å². The summed E-state index contributed by atoms with van der Waals surface area (Å²) >= 11 is 1.54. The van der Waals surface area contributed by atoms with E-state index in [9.17, 15) is 9.90 Å². The van der Waals surface area contributed by atoms with E-state index in [-0.39, 0.29) is 5.75 Å². The third-order valence-corrected chi connectivity index (χ3v) is 6.06. The number of benzene rings is 1. The number of amides is 1. The summed E-state index contributed by atoms with van der Waals surface area (Å²) in [4.78, 5) is 19.8. The minimum Gasteiger partial charge on any atom is -0.507 e. The van der Waals surface area contributed by atoms with Crippen molar-refractivity contribution in [1.29, 1.82) is 0 Å². The first-order valence-corrected chi connectivity index (χ1v) is 9.93. The molecular weight excluding hydrogens is 346 g/mol. The van der Waals surface area contributed by atoms with Crippen LogP contribution in [0.15, 0.2) is 23.2 Å². The molecule has 1 heterocycles. The number of aliphatic imine (C=N–C) groups is 1. The summed E-state index contributed by atoms with van der Waals surface area (Å²) in [5.41, 5.74) is 8.84. The smallest absolute Gasteiger partial charge is 0.252 e. The Morgan fingerprint density at radius 3 is 2.69 bits per heavy atom. The number of thiophene rings is 1. The summed E-state index contributed by atoms with van der Waals surface area (Å²) in [7, 11) is 0. The summed E-state index contributed by atoms with van der Waals surface area (Å²) in [5.74, 6) is -0.238. The van der Waals surface area contributed by atoms with Crippen molar-refractivity contribution in [1.82, 2.24) is 0 Å². The topological polar surface area (TPSA) is 78.9 Å². The molecule has 0 atom stereocenters. The van der Waals surface area contributed by atoms with Crippen LogP contribution in [0.1, 0.15) is 53.1 Å². The van der Waals surface area contributed by atoms with Gasteiger partial charge < -0.3 is 15.7 Å². The molecule has 6 heteroatoms. The largest absolute Gasteiger partial charge is 0.507 e. The van der Waals surface area contributed by atoms with Crippen LogP contribution in [-0.2, 0) is 12.8 Å². The van der Waals surface area contributed by atoms with Crippen molar-refractivity contribution in [3.63, 3.8) is 0 Å². The lowest BCUT2D eigenvalue weighted by Crippen LogP contribution is -2.21. The molecule has 1 aromatic carbocycles. The second kappa shape index (κ2) is 7.91. The van der Waals surface area contributed by atoms with Crippen molar-refractivity contribution < 1.29 is 9.90 Å². The highest BCUT2D eigenvalue weighted by molar-refractivity contribution is 7.16. The van der Waals surface area contributed by atoms with E-state index in [1.54, 1.807) is 23.6 Å². The molecule has 3 N–H and O–H groups in total. The maximum absolute atomic E-state index is 11.9. The number of anilines is 1. The first-order valence-electron chi connectivity index (χ1n) is 9.11. The van der Waals surface area contributed by atoms with Gasteiger partial charge in [0.15, 0.2) is 0 Å². The number of aryl methyl sites for hydroxylation is 1. The predicted molar refractivity (Wildman–Crippen MR) is 108 cm³/mol. The molecule has 5 nitrogen and oxygen atoms in total. The van der Waals surface area contributed by atoms with Crippen molar-refractivity contribution in [2.45, 2.75) is 39.5 Å². The Bertz CT molecular complexity index is 838. The molecule has 0 saturated carbocycles. The summed E-state index contributed by atoms with van der Waals surface area (Å²) < 4.78 is 0. The Hall–Kier alpha value is -2.34. The zero-order valence-corrected chi connectivity index (χ0v) is 16.1. The van der Waals surface area contributed by atoms with Crippen LogP contribution in [0.3, 0.4) is 0 Å². The monoisotopic (exact) mass is 371 g/mol. The molecule has 1 aromatic heterocycles. The van der Waals surface area contributed by atoms with Gasteiger partial charge in [-0.1, -0.05) is 0 Å². The Balaban J connectivity index is 1.91. The predicted octanol–water partition coefficient (Wildman–Crippen LogP) is 4.03. The number of rotatable bonds is 6. The van der Waals surface area contributed by atoms with Gasteiger partial charge in [0.25, 0.3) is 5.91 Å². The highest BCUT2D eigenvalue weighted by Crippen LogP contribution is 2.39. The van der Waals surface area contributed by atoms with Gasteiger partial charge in [0.2, 0.25) is 0 Å². The fourth-order valence-corrected chi connectivity index (χ4v) is 4.69. The Morgan fingerprint density at radius 1 is 1.31 bits per heavy atom. The number of phenolic OH excluding ortho intramolecular Hbond substituents is 1. The number of hydrogen-bond donors (Lipinski definition) is 2. The molecule has 0 aliphatic heterocycles. The number of aromatic hydroxyl groups is 1. The van der Waals surface area contributed by atoms with Crippen LogP contribution in [0.25, 0.3) is 0 Å². The van der Waals surface area contributed by atoms with Gasteiger partial charge >= 0.3 is 0 Å². The maximum atomic E-state index is 11.9. The van der Waals surface area contributed by atoms with Gasteiger partial charge in [-0.15, -0.1) is 11.3 Å². The average Bonchev–Trinajstić information content (AvgIpc) is 3.00. The van der Waals surface area contributed by atoms with Crippen LogP contribution in [0.4, 0.5) is 10.7 Å². The van der Waals surface area contributed by atoms with Crippen LogP contribution in [-0.4, -0.2) is 30.3 Å². The molecule has 0 unspecified atom stereocenters. The second-order valence-corrected chi connectivity index (χ2v) is 7.51. The summed E-state index contributed by atoms with van der Waals surface area (Å²) in [6.45, 7) is 5.93. The fraction of sp³-hybridized carbons (Fsp3) is 0.400. The van der Waals surface area contributed by atoms with Gasteiger partial charge in [-0.3, -0.25) is 4.79 Å². The van der Waals surface area contributed by atoms with Gasteiger partial charge in [0.1, 0.15) is 10.8 Å². The maximum Gasteiger partial charge on any atom is 0.252 e. The quantitative estimate of drug-likeness (QED) is 0.753. The molecule has 138 valence electrons. The molecule has 1 aliphatic carbocycles. The van der Waals surface area contributed by atoms with Crippen LogP contribution >= 0.6 is 11.3 Å². The van der Waals surface area contributed by atoms with Gasteiger partial charge in [-0.2, -0.15) is 0 Å². The second-order valence-electron chi connectivity index (χ2n) is 6.43. The van der Waals surface area contributed by atoms with Gasteiger partial charge in [0, 0.05) is 41.5 Å². The first-order chi connectivity index (χ1) is 12.5. The molecule has 1 amide bonds. The fourth-order valence-electron chi connectivity index (χ4n) is 3.45. The minimum atomic E-state index is -0.419. The van der Waals surface area contributed by atoms with Crippen molar-refractivity contribution in [3.8, 4) is 5.75 Å². The van der Waals surface area contributed by atoms with E-state index in [1.165, 1.54) is 4.88 Å². The normalized spacial score (nSPS) is 13.8. The lowest BCUT2D eigenvalue weighted by atomic mass is 9.95.